The summed E-state index contributed by atoms with van der Waals surface area (Å²) < 4.78 is 0. The summed E-state index contributed by atoms with van der Waals surface area (Å²) in [7, 11) is 0. The van der Waals surface area contributed by atoms with Crippen molar-refractivity contribution in [2.45, 2.75) is 0 Å². The zero-order chi connectivity index (χ0) is 17.8. The largest absolute Gasteiger partial charge is 0.326 e. The fraction of sp³-hybridized carbons (Fsp3) is 0. The van der Waals surface area contributed by atoms with Crippen LogP contribution in [0.2, 0.25) is 0 Å². The van der Waals surface area contributed by atoms with Gasteiger partial charge in [-0.25, -0.2) is 14.8 Å². The van der Waals surface area contributed by atoms with Gasteiger partial charge in [0.15, 0.2) is 5.13 Å². The third-order valence-electron chi connectivity index (χ3n) is 3.37. The van der Waals surface area contributed by atoms with Gasteiger partial charge in [0.25, 0.3) is 0 Å². The first-order chi connectivity index (χ1) is 12.8. The molecular weight excluding hydrogens is 368 g/mol. The number of hydrogen-bond donors (Lipinski definition) is 2. The number of carbonyl (C=O) groups is 1. The monoisotopic (exact) mass is 380 g/mol. The molecule has 9 heteroatoms. The molecule has 0 saturated carbocycles. The number of amides is 2. The fourth-order valence-corrected chi connectivity index (χ4v) is 3.66. The number of nitrogens with one attached hydrogen (secondary N) is 2. The Bertz CT molecular complexity index is 934. The lowest BCUT2D eigenvalue weighted by Gasteiger charge is -2.02. The van der Waals surface area contributed by atoms with Crippen LogP contribution in [-0.2, 0) is 0 Å². The summed E-state index contributed by atoms with van der Waals surface area (Å²) in [4.78, 5) is 28.9. The van der Waals surface area contributed by atoms with E-state index in [1.54, 1.807) is 30.2 Å². The molecule has 2 amide bonds. The van der Waals surface area contributed by atoms with Crippen LogP contribution in [0.25, 0.3) is 21.8 Å². The highest BCUT2D eigenvalue weighted by Gasteiger charge is 2.10. The number of anilines is 2. The third kappa shape index (κ3) is 3.73. The van der Waals surface area contributed by atoms with Crippen molar-refractivity contribution in [2.75, 3.05) is 10.6 Å². The van der Waals surface area contributed by atoms with E-state index in [2.05, 4.69) is 30.6 Å². The predicted molar refractivity (Wildman–Crippen MR) is 103 cm³/mol. The molecule has 0 aliphatic carbocycles. The lowest BCUT2D eigenvalue weighted by molar-refractivity contribution is 0.262. The van der Waals surface area contributed by atoms with Crippen LogP contribution in [0.3, 0.4) is 0 Å². The summed E-state index contributed by atoms with van der Waals surface area (Å²) >= 11 is 2.81. The van der Waals surface area contributed by atoms with Crippen LogP contribution in [0.15, 0.2) is 59.8 Å². The number of aromatic nitrogens is 4. The third-order valence-corrected chi connectivity index (χ3v) is 5.02. The SMILES string of the molecule is O=C(Nc1csc(-c2ccncc2)n1)Nc1nc(-c2ccncc2)cs1. The summed E-state index contributed by atoms with van der Waals surface area (Å²) in [6, 6.07) is 7.11. The van der Waals surface area contributed by atoms with Crippen molar-refractivity contribution in [3.8, 4) is 21.8 Å². The maximum absolute atomic E-state index is 12.2. The van der Waals surface area contributed by atoms with Crippen molar-refractivity contribution >= 4 is 39.7 Å². The van der Waals surface area contributed by atoms with Crippen LogP contribution >= 0.6 is 22.7 Å². The number of urea groups is 1. The van der Waals surface area contributed by atoms with Crippen LogP contribution in [0.1, 0.15) is 0 Å². The quantitative estimate of drug-likeness (QED) is 0.548. The molecule has 7 nitrogen and oxygen atoms in total. The lowest BCUT2D eigenvalue weighted by atomic mass is 10.2. The Morgan fingerprint density at radius 3 is 2.23 bits per heavy atom. The molecule has 4 aromatic rings. The molecular formula is C17H12N6OS2. The average molecular weight is 380 g/mol. The molecule has 0 bridgehead atoms. The second-order valence-electron chi connectivity index (χ2n) is 5.13. The summed E-state index contributed by atoms with van der Waals surface area (Å²) in [6.07, 6.45) is 6.83. The molecule has 4 aromatic heterocycles. The van der Waals surface area contributed by atoms with E-state index in [-0.39, 0.29) is 6.03 Å². The van der Waals surface area contributed by atoms with Crippen molar-refractivity contribution in [1.82, 2.24) is 19.9 Å². The normalized spacial score (nSPS) is 10.5. The van der Waals surface area contributed by atoms with Crippen LogP contribution in [0.4, 0.5) is 15.7 Å². The maximum Gasteiger partial charge on any atom is 0.326 e. The van der Waals surface area contributed by atoms with E-state index in [0.29, 0.717) is 10.9 Å². The van der Waals surface area contributed by atoms with E-state index in [1.807, 2.05) is 29.6 Å². The number of pyridine rings is 2. The molecule has 128 valence electrons. The first-order valence-electron chi connectivity index (χ1n) is 7.58. The van der Waals surface area contributed by atoms with Gasteiger partial charge in [0, 0.05) is 46.7 Å². The van der Waals surface area contributed by atoms with Gasteiger partial charge >= 0.3 is 6.03 Å². The molecule has 4 rings (SSSR count). The molecule has 0 radical (unpaired) electrons. The molecule has 0 fully saturated rings. The van der Waals surface area contributed by atoms with E-state index in [9.17, 15) is 4.79 Å². The minimum absolute atomic E-state index is 0.382. The molecule has 0 unspecified atom stereocenters. The standard InChI is InChI=1S/C17H12N6OS2/c24-16(22-14-10-25-15(21-14)12-3-7-19-8-4-12)23-17-20-13(9-26-17)11-1-5-18-6-2-11/h1-10H,(H2,20,22,23,24). The minimum Gasteiger partial charge on any atom is -0.291 e. The van der Waals surface area contributed by atoms with E-state index < -0.39 is 0 Å². The molecule has 0 aliphatic rings. The fourth-order valence-electron chi connectivity index (χ4n) is 2.19. The highest BCUT2D eigenvalue weighted by Crippen LogP contribution is 2.26. The predicted octanol–water partition coefficient (Wildman–Crippen LogP) is 4.37. The van der Waals surface area contributed by atoms with Crippen molar-refractivity contribution in [2.24, 2.45) is 0 Å². The maximum atomic E-state index is 12.2. The second-order valence-corrected chi connectivity index (χ2v) is 6.84. The van der Waals surface area contributed by atoms with Gasteiger partial charge in [-0.1, -0.05) is 0 Å². The Morgan fingerprint density at radius 1 is 0.808 bits per heavy atom. The Labute approximate surface area is 156 Å². The summed E-state index contributed by atoms with van der Waals surface area (Å²) in [5.41, 5.74) is 2.70. The van der Waals surface area contributed by atoms with Crippen LogP contribution in [0, 0.1) is 0 Å². The lowest BCUT2D eigenvalue weighted by Crippen LogP contribution is -2.19. The number of thiazole rings is 2. The Kier molecular flexibility index (Phi) is 4.63. The van der Waals surface area contributed by atoms with Gasteiger partial charge in [0.1, 0.15) is 10.8 Å². The molecule has 26 heavy (non-hydrogen) atoms. The highest BCUT2D eigenvalue weighted by atomic mass is 32.1. The Morgan fingerprint density at radius 2 is 1.50 bits per heavy atom. The van der Waals surface area contributed by atoms with E-state index in [1.165, 1.54) is 22.7 Å². The number of nitrogens with zero attached hydrogens (tertiary/aromatic N) is 4. The van der Waals surface area contributed by atoms with Gasteiger partial charge in [0.2, 0.25) is 0 Å². The van der Waals surface area contributed by atoms with Gasteiger partial charge < -0.3 is 0 Å². The Hall–Kier alpha value is -3.17. The van der Waals surface area contributed by atoms with E-state index >= 15 is 0 Å². The van der Waals surface area contributed by atoms with Crippen LogP contribution < -0.4 is 10.6 Å². The molecule has 0 aliphatic heterocycles. The molecule has 0 spiro atoms. The zero-order valence-electron chi connectivity index (χ0n) is 13.3. The van der Waals surface area contributed by atoms with E-state index in [0.717, 1.165) is 21.8 Å². The topological polar surface area (TPSA) is 92.7 Å². The van der Waals surface area contributed by atoms with Crippen LogP contribution in [0.5, 0.6) is 0 Å². The summed E-state index contributed by atoms with van der Waals surface area (Å²) in [5, 5.41) is 10.5. The van der Waals surface area contributed by atoms with Crippen LogP contribution in [-0.4, -0.2) is 26.0 Å². The summed E-state index contributed by atoms with van der Waals surface area (Å²) in [5.74, 6) is 0.491. The number of carbonyl (C=O) groups excluding carboxylic acids is 1. The highest BCUT2D eigenvalue weighted by molar-refractivity contribution is 7.14. The number of rotatable bonds is 4. The smallest absolute Gasteiger partial charge is 0.291 e. The van der Waals surface area contributed by atoms with Crippen molar-refractivity contribution in [3.05, 3.63) is 59.8 Å². The van der Waals surface area contributed by atoms with Gasteiger partial charge in [-0.3, -0.25) is 20.6 Å². The first-order valence-corrected chi connectivity index (χ1v) is 9.34. The van der Waals surface area contributed by atoms with E-state index in [4.69, 9.17) is 0 Å². The first kappa shape index (κ1) is 16.3. The second kappa shape index (κ2) is 7.38. The van der Waals surface area contributed by atoms with Crippen molar-refractivity contribution in [3.63, 3.8) is 0 Å². The minimum atomic E-state index is -0.382. The van der Waals surface area contributed by atoms with Gasteiger partial charge in [-0.2, -0.15) is 0 Å². The van der Waals surface area contributed by atoms with Gasteiger partial charge in [-0.05, 0) is 24.3 Å². The molecule has 0 saturated heterocycles. The van der Waals surface area contributed by atoms with Gasteiger partial charge in [-0.15, -0.1) is 22.7 Å². The molecule has 4 heterocycles. The average Bonchev–Trinajstić information content (AvgIpc) is 3.33. The molecule has 0 atom stereocenters. The molecule has 2 N–H and O–H groups in total. The van der Waals surface area contributed by atoms with Gasteiger partial charge in [0.05, 0.1) is 5.69 Å². The van der Waals surface area contributed by atoms with Crippen molar-refractivity contribution < 1.29 is 4.79 Å². The number of hydrogen-bond acceptors (Lipinski definition) is 7. The Balaban J connectivity index is 1.40. The molecule has 0 aromatic carbocycles. The zero-order valence-corrected chi connectivity index (χ0v) is 14.9. The summed E-state index contributed by atoms with van der Waals surface area (Å²) in [6.45, 7) is 0. The van der Waals surface area contributed by atoms with Crippen molar-refractivity contribution in [1.29, 1.82) is 0 Å².